The molecule has 8 nitrogen and oxygen atoms in total. The highest BCUT2D eigenvalue weighted by atomic mass is 16.5. The molecule has 1 saturated heterocycles. The Hall–Kier alpha value is -2.06. The van der Waals surface area contributed by atoms with Crippen LogP contribution >= 0.6 is 0 Å². The van der Waals surface area contributed by atoms with Crippen molar-refractivity contribution in [1.29, 1.82) is 0 Å². The van der Waals surface area contributed by atoms with E-state index in [9.17, 15) is 5.11 Å². The maximum Gasteiger partial charge on any atom is 0.244 e. The van der Waals surface area contributed by atoms with Crippen molar-refractivity contribution in [1.82, 2.24) is 25.4 Å². The number of aromatic nitrogens is 4. The van der Waals surface area contributed by atoms with E-state index >= 15 is 0 Å². The van der Waals surface area contributed by atoms with E-state index in [-0.39, 0.29) is 12.1 Å². The Balaban J connectivity index is 1.84. The summed E-state index contributed by atoms with van der Waals surface area (Å²) in [5.41, 5.74) is 0.528. The van der Waals surface area contributed by atoms with Gasteiger partial charge in [-0.25, -0.2) is 9.97 Å². The van der Waals surface area contributed by atoms with Gasteiger partial charge in [0.25, 0.3) is 0 Å². The molecule has 2 aromatic heterocycles. The number of nitrogens with zero attached hydrogens (tertiary/aromatic N) is 4. The van der Waals surface area contributed by atoms with E-state index in [2.05, 4.69) is 25.4 Å². The SMILES string of the molecule is COc1cc(-c2noc([C@H]3C[C@@H](O)CN3)n2)ncn1. The minimum atomic E-state index is -0.375. The first kappa shape index (κ1) is 12.0. The predicted octanol–water partition coefficient (Wildman–Crippen LogP) is -0.0695. The first-order valence-electron chi connectivity index (χ1n) is 5.87. The lowest BCUT2D eigenvalue weighted by Crippen LogP contribution is -2.15. The molecular weight excluding hydrogens is 250 g/mol. The highest BCUT2D eigenvalue weighted by Crippen LogP contribution is 2.24. The molecule has 0 aliphatic carbocycles. The molecule has 1 fully saturated rings. The van der Waals surface area contributed by atoms with Gasteiger partial charge < -0.3 is 19.7 Å². The van der Waals surface area contributed by atoms with E-state index in [1.165, 1.54) is 13.4 Å². The van der Waals surface area contributed by atoms with Crippen LogP contribution in [0.2, 0.25) is 0 Å². The molecule has 19 heavy (non-hydrogen) atoms. The smallest absolute Gasteiger partial charge is 0.244 e. The Morgan fingerprint density at radius 1 is 1.47 bits per heavy atom. The Morgan fingerprint density at radius 3 is 3.11 bits per heavy atom. The fourth-order valence-electron chi connectivity index (χ4n) is 1.96. The van der Waals surface area contributed by atoms with Crippen molar-refractivity contribution in [2.45, 2.75) is 18.6 Å². The molecule has 1 aliphatic heterocycles. The summed E-state index contributed by atoms with van der Waals surface area (Å²) in [5.74, 6) is 1.26. The monoisotopic (exact) mass is 263 g/mol. The zero-order chi connectivity index (χ0) is 13.2. The lowest BCUT2D eigenvalue weighted by molar-refractivity contribution is 0.191. The van der Waals surface area contributed by atoms with Gasteiger partial charge in [-0.3, -0.25) is 0 Å². The van der Waals surface area contributed by atoms with E-state index in [1.54, 1.807) is 6.07 Å². The maximum absolute atomic E-state index is 9.46. The predicted molar refractivity (Wildman–Crippen MR) is 63.2 cm³/mol. The first-order valence-corrected chi connectivity index (χ1v) is 5.87. The average molecular weight is 263 g/mol. The molecule has 1 aliphatic rings. The fraction of sp³-hybridized carbons (Fsp3) is 0.455. The third kappa shape index (κ3) is 2.40. The van der Waals surface area contributed by atoms with Gasteiger partial charge in [0, 0.05) is 12.6 Å². The van der Waals surface area contributed by atoms with E-state index < -0.39 is 0 Å². The quantitative estimate of drug-likeness (QED) is 0.792. The van der Waals surface area contributed by atoms with Crippen LogP contribution in [0.1, 0.15) is 18.4 Å². The number of rotatable bonds is 3. The van der Waals surface area contributed by atoms with Crippen LogP contribution in [0.25, 0.3) is 11.5 Å². The van der Waals surface area contributed by atoms with Crippen LogP contribution in [0.4, 0.5) is 0 Å². The highest BCUT2D eigenvalue weighted by Gasteiger charge is 2.28. The highest BCUT2D eigenvalue weighted by molar-refractivity contribution is 5.49. The maximum atomic E-state index is 9.46. The zero-order valence-electron chi connectivity index (χ0n) is 10.3. The van der Waals surface area contributed by atoms with Gasteiger partial charge in [0.15, 0.2) is 0 Å². The molecular formula is C11H13N5O3. The van der Waals surface area contributed by atoms with Gasteiger partial charge in [-0.15, -0.1) is 0 Å². The summed E-state index contributed by atoms with van der Waals surface area (Å²) in [4.78, 5) is 12.3. The molecule has 0 bridgehead atoms. The standard InChI is InChI=1S/C11H13N5O3/c1-18-9-3-7(13-5-14-9)10-15-11(19-16-10)8-2-6(17)4-12-8/h3,5-6,8,12,17H,2,4H2,1H3/t6-,8-/m1/s1. The van der Waals surface area contributed by atoms with Crippen LogP contribution in [0.5, 0.6) is 5.88 Å². The summed E-state index contributed by atoms with van der Waals surface area (Å²) in [6.45, 7) is 0.531. The van der Waals surface area contributed by atoms with E-state index in [0.717, 1.165) is 0 Å². The molecule has 0 unspecified atom stereocenters. The molecule has 100 valence electrons. The Bertz CT molecular complexity index is 573. The molecule has 0 radical (unpaired) electrons. The number of ether oxygens (including phenoxy) is 1. The lowest BCUT2D eigenvalue weighted by atomic mass is 10.2. The second-order valence-corrected chi connectivity index (χ2v) is 4.25. The number of hydrogen-bond donors (Lipinski definition) is 2. The van der Waals surface area contributed by atoms with E-state index in [4.69, 9.17) is 9.26 Å². The van der Waals surface area contributed by atoms with E-state index in [0.29, 0.717) is 36.3 Å². The topological polar surface area (TPSA) is 106 Å². The molecule has 0 saturated carbocycles. The van der Waals surface area contributed by atoms with Gasteiger partial charge in [0.1, 0.15) is 12.0 Å². The third-order valence-corrected chi connectivity index (χ3v) is 2.93. The molecule has 2 N–H and O–H groups in total. The summed E-state index contributed by atoms with van der Waals surface area (Å²) in [6.07, 6.45) is 1.57. The summed E-state index contributed by atoms with van der Waals surface area (Å²) >= 11 is 0. The van der Waals surface area contributed by atoms with Crippen LogP contribution in [-0.4, -0.2) is 45.0 Å². The normalized spacial score (nSPS) is 22.6. The molecule has 2 aromatic rings. The summed E-state index contributed by atoms with van der Waals surface area (Å²) in [5, 5.41) is 16.4. The molecule has 2 atom stereocenters. The van der Waals surface area contributed by atoms with Gasteiger partial charge >= 0.3 is 0 Å². The number of nitrogens with one attached hydrogen (secondary N) is 1. The van der Waals surface area contributed by atoms with Crippen LogP contribution in [0, 0.1) is 0 Å². The minimum absolute atomic E-state index is 0.111. The minimum Gasteiger partial charge on any atom is -0.481 e. The Morgan fingerprint density at radius 2 is 2.37 bits per heavy atom. The molecule has 0 amide bonds. The largest absolute Gasteiger partial charge is 0.481 e. The summed E-state index contributed by atoms with van der Waals surface area (Å²) in [6, 6.07) is 1.52. The van der Waals surface area contributed by atoms with Crippen molar-refractivity contribution < 1.29 is 14.4 Å². The number of β-amino-alcohol motifs (C(OH)–C–C–N with tert-alkyl or cyclic N) is 1. The van der Waals surface area contributed by atoms with Crippen LogP contribution < -0.4 is 10.1 Å². The van der Waals surface area contributed by atoms with E-state index in [1.807, 2.05) is 0 Å². The first-order chi connectivity index (χ1) is 9.26. The molecule has 3 heterocycles. The van der Waals surface area contributed by atoms with Gasteiger partial charge in [0.05, 0.1) is 19.3 Å². The molecule has 0 spiro atoms. The van der Waals surface area contributed by atoms with Crippen molar-refractivity contribution in [2.75, 3.05) is 13.7 Å². The Kier molecular flexibility index (Phi) is 3.10. The van der Waals surface area contributed by atoms with Crippen LogP contribution in [0.3, 0.4) is 0 Å². The van der Waals surface area contributed by atoms with Gasteiger partial charge in [-0.05, 0) is 6.42 Å². The summed E-state index contributed by atoms with van der Waals surface area (Å²) < 4.78 is 10.2. The van der Waals surface area contributed by atoms with Crippen LogP contribution in [-0.2, 0) is 0 Å². The van der Waals surface area contributed by atoms with Gasteiger partial charge in [-0.2, -0.15) is 4.98 Å². The van der Waals surface area contributed by atoms with Gasteiger partial charge in [0.2, 0.25) is 17.6 Å². The number of hydrogen-bond acceptors (Lipinski definition) is 8. The number of methoxy groups -OCH3 is 1. The lowest BCUT2D eigenvalue weighted by Gasteiger charge is -2.01. The summed E-state index contributed by atoms with van der Waals surface area (Å²) in [7, 11) is 1.53. The van der Waals surface area contributed by atoms with Crippen molar-refractivity contribution in [3.63, 3.8) is 0 Å². The Labute approximate surface area is 108 Å². The molecule has 0 aromatic carbocycles. The van der Waals surface area contributed by atoms with Crippen molar-refractivity contribution in [3.05, 3.63) is 18.3 Å². The van der Waals surface area contributed by atoms with Crippen LogP contribution in [0.15, 0.2) is 16.9 Å². The number of aliphatic hydroxyl groups excluding tert-OH is 1. The second-order valence-electron chi connectivity index (χ2n) is 4.25. The second kappa shape index (κ2) is 4.90. The van der Waals surface area contributed by atoms with Gasteiger partial charge in [-0.1, -0.05) is 5.16 Å². The van der Waals surface area contributed by atoms with Crippen molar-refractivity contribution >= 4 is 0 Å². The van der Waals surface area contributed by atoms with Crippen molar-refractivity contribution in [2.24, 2.45) is 0 Å². The zero-order valence-corrected chi connectivity index (χ0v) is 10.3. The average Bonchev–Trinajstić information content (AvgIpc) is 3.07. The molecule has 8 heteroatoms. The number of aliphatic hydroxyl groups is 1. The molecule has 3 rings (SSSR count). The third-order valence-electron chi connectivity index (χ3n) is 2.93. The fourth-order valence-corrected chi connectivity index (χ4v) is 1.96. The van der Waals surface area contributed by atoms with Crippen molar-refractivity contribution in [3.8, 4) is 17.4 Å².